The molecule has 0 aliphatic carbocycles. The van der Waals surface area contributed by atoms with Gasteiger partial charge in [-0.2, -0.15) is 0 Å². The number of benzene rings is 1. The summed E-state index contributed by atoms with van der Waals surface area (Å²) < 4.78 is 22.9. The Hall–Kier alpha value is -2.69. The summed E-state index contributed by atoms with van der Waals surface area (Å²) in [5.74, 6) is 1.19. The molecule has 2 rings (SSSR count). The Kier molecular flexibility index (Phi) is 9.35. The Morgan fingerprint density at radius 2 is 1.59 bits per heavy atom. The highest BCUT2D eigenvalue weighted by Gasteiger charge is 2.19. The Morgan fingerprint density at radius 3 is 2.21 bits per heavy atom. The zero-order chi connectivity index (χ0) is 21.1. The molecule has 0 amide bonds. The van der Waals surface area contributed by atoms with Gasteiger partial charge in [0.15, 0.2) is 5.75 Å². The molecule has 2 aromatic rings. The molecule has 5 heteroatoms. The van der Waals surface area contributed by atoms with E-state index in [9.17, 15) is 4.79 Å². The van der Waals surface area contributed by atoms with Crippen LogP contribution in [0.2, 0.25) is 0 Å². The van der Waals surface area contributed by atoms with Crippen molar-refractivity contribution in [2.45, 2.75) is 59.5 Å². The fourth-order valence-corrected chi connectivity index (χ4v) is 2.75. The molecule has 0 aliphatic heterocycles. The van der Waals surface area contributed by atoms with Gasteiger partial charge >= 0.3 is 5.63 Å². The summed E-state index contributed by atoms with van der Waals surface area (Å²) in [4.78, 5) is 12.5. The first-order valence-electron chi connectivity index (χ1n) is 10.4. The molecule has 0 unspecified atom stereocenters. The molecule has 0 bridgehead atoms. The third-order valence-electron chi connectivity index (χ3n) is 4.03. The number of hydrogen-bond donors (Lipinski definition) is 0. The summed E-state index contributed by atoms with van der Waals surface area (Å²) in [6.07, 6.45) is 11.8. The average Bonchev–Trinajstić information content (AvgIpc) is 2.69. The maximum atomic E-state index is 12.5. The summed E-state index contributed by atoms with van der Waals surface area (Å²) >= 11 is 0. The maximum Gasteiger partial charge on any atom is 0.383 e. The molecule has 5 nitrogen and oxygen atoms in total. The van der Waals surface area contributed by atoms with E-state index in [0.29, 0.717) is 35.7 Å². The van der Waals surface area contributed by atoms with Crippen molar-refractivity contribution in [1.29, 1.82) is 0 Å². The van der Waals surface area contributed by atoms with Gasteiger partial charge in [-0.05, 0) is 51.7 Å². The van der Waals surface area contributed by atoms with E-state index in [1.165, 1.54) is 0 Å². The van der Waals surface area contributed by atoms with Gasteiger partial charge in [0.1, 0.15) is 11.3 Å². The van der Waals surface area contributed by atoms with Gasteiger partial charge in [0, 0.05) is 6.07 Å². The molecule has 0 saturated heterocycles. The van der Waals surface area contributed by atoms with Crippen LogP contribution in [0.3, 0.4) is 0 Å². The fourth-order valence-electron chi connectivity index (χ4n) is 2.75. The zero-order valence-corrected chi connectivity index (χ0v) is 17.9. The molecule has 29 heavy (non-hydrogen) atoms. The second-order valence-corrected chi connectivity index (χ2v) is 6.91. The highest BCUT2D eigenvalue weighted by atomic mass is 16.5. The van der Waals surface area contributed by atoms with E-state index in [1.54, 1.807) is 6.07 Å². The lowest BCUT2D eigenvalue weighted by Crippen LogP contribution is -2.15. The minimum Gasteiger partial charge on any atom is -0.493 e. The van der Waals surface area contributed by atoms with Gasteiger partial charge in [0.05, 0.1) is 24.7 Å². The summed E-state index contributed by atoms with van der Waals surface area (Å²) in [6.45, 7) is 8.92. The Labute approximate surface area is 173 Å². The molecule has 0 fully saturated rings. The lowest BCUT2D eigenvalue weighted by Gasteiger charge is -2.15. The molecular weight excluding hydrogens is 368 g/mol. The van der Waals surface area contributed by atoms with E-state index in [1.807, 2.05) is 26.0 Å². The van der Waals surface area contributed by atoms with Crippen molar-refractivity contribution < 1.29 is 18.6 Å². The van der Waals surface area contributed by atoms with Crippen LogP contribution < -0.4 is 19.8 Å². The summed E-state index contributed by atoms with van der Waals surface area (Å²) in [7, 11) is 0. The molecule has 1 heterocycles. The molecule has 0 spiro atoms. The van der Waals surface area contributed by atoms with Crippen molar-refractivity contribution in [1.82, 2.24) is 0 Å². The summed E-state index contributed by atoms with van der Waals surface area (Å²) in [6, 6.07) is 5.43. The normalized spacial score (nSPS) is 11.8. The second kappa shape index (κ2) is 12.0. The van der Waals surface area contributed by atoms with Crippen LogP contribution in [0.5, 0.6) is 17.2 Å². The van der Waals surface area contributed by atoms with Crippen molar-refractivity contribution in [3.63, 3.8) is 0 Å². The van der Waals surface area contributed by atoms with Crippen molar-refractivity contribution in [2.75, 3.05) is 13.2 Å². The van der Waals surface area contributed by atoms with Gasteiger partial charge < -0.3 is 18.6 Å². The molecule has 1 aromatic heterocycles. The largest absolute Gasteiger partial charge is 0.493 e. The maximum absolute atomic E-state index is 12.5. The predicted molar refractivity (Wildman–Crippen MR) is 117 cm³/mol. The fraction of sp³-hybridized carbons (Fsp3) is 0.458. The number of hydrogen-bond acceptors (Lipinski definition) is 5. The van der Waals surface area contributed by atoms with Crippen LogP contribution in [0.15, 0.2) is 51.7 Å². The van der Waals surface area contributed by atoms with Gasteiger partial charge in [0.25, 0.3) is 0 Å². The van der Waals surface area contributed by atoms with E-state index in [2.05, 4.69) is 38.2 Å². The molecule has 0 aliphatic rings. The smallest absolute Gasteiger partial charge is 0.383 e. The Morgan fingerprint density at radius 1 is 0.931 bits per heavy atom. The first kappa shape index (κ1) is 22.6. The molecule has 158 valence electrons. The van der Waals surface area contributed by atoms with Gasteiger partial charge in [-0.15, -0.1) is 0 Å². The van der Waals surface area contributed by atoms with E-state index >= 15 is 0 Å². The Bertz CT molecular complexity index is 877. The number of rotatable bonds is 12. The van der Waals surface area contributed by atoms with Crippen LogP contribution in [0.1, 0.15) is 53.4 Å². The molecule has 0 N–H and O–H groups in total. The summed E-state index contributed by atoms with van der Waals surface area (Å²) in [5, 5.41) is 0.693. The summed E-state index contributed by atoms with van der Waals surface area (Å²) in [5.41, 5.74) is -0.125. The topological polar surface area (TPSA) is 57.9 Å². The number of ether oxygens (including phenoxy) is 3. The molecule has 0 radical (unpaired) electrons. The van der Waals surface area contributed by atoms with Crippen LogP contribution in [-0.4, -0.2) is 19.3 Å². The quantitative estimate of drug-likeness (QED) is 0.247. The van der Waals surface area contributed by atoms with Crippen molar-refractivity contribution in [2.24, 2.45) is 0 Å². The van der Waals surface area contributed by atoms with E-state index in [0.717, 1.165) is 25.7 Å². The molecule has 1 aromatic carbocycles. The van der Waals surface area contributed by atoms with Crippen molar-refractivity contribution in [3.05, 3.63) is 52.9 Å². The predicted octanol–water partition coefficient (Wildman–Crippen LogP) is 6.05. The van der Waals surface area contributed by atoms with Gasteiger partial charge in [-0.25, -0.2) is 4.79 Å². The van der Waals surface area contributed by atoms with Gasteiger partial charge in [0.2, 0.25) is 5.75 Å². The zero-order valence-electron chi connectivity index (χ0n) is 17.9. The van der Waals surface area contributed by atoms with E-state index in [-0.39, 0.29) is 11.9 Å². The monoisotopic (exact) mass is 400 g/mol. The van der Waals surface area contributed by atoms with E-state index < -0.39 is 5.63 Å². The number of allylic oxidation sites excluding steroid dienone is 2. The highest BCUT2D eigenvalue weighted by molar-refractivity contribution is 5.86. The minimum atomic E-state index is -0.548. The first-order valence-corrected chi connectivity index (χ1v) is 10.4. The lowest BCUT2D eigenvalue weighted by atomic mass is 10.2. The van der Waals surface area contributed by atoms with Crippen LogP contribution in [-0.2, 0) is 0 Å². The van der Waals surface area contributed by atoms with Crippen LogP contribution >= 0.6 is 0 Å². The van der Waals surface area contributed by atoms with E-state index in [4.69, 9.17) is 18.6 Å². The average molecular weight is 401 g/mol. The highest BCUT2D eigenvalue weighted by Crippen LogP contribution is 2.35. The Balaban J connectivity index is 2.28. The van der Waals surface area contributed by atoms with Gasteiger partial charge in [-0.1, -0.05) is 38.2 Å². The SMILES string of the molecule is CCC=CCCOc1ccc2c(OCCC=CCC)c(OC(C)C)c(=O)oc2c1. The van der Waals surface area contributed by atoms with Crippen LogP contribution in [0.4, 0.5) is 0 Å². The second-order valence-electron chi connectivity index (χ2n) is 6.91. The molecule has 0 atom stereocenters. The third-order valence-corrected chi connectivity index (χ3v) is 4.03. The van der Waals surface area contributed by atoms with Crippen molar-refractivity contribution in [3.8, 4) is 17.2 Å². The van der Waals surface area contributed by atoms with Crippen molar-refractivity contribution >= 4 is 11.0 Å². The van der Waals surface area contributed by atoms with Gasteiger partial charge in [-0.3, -0.25) is 0 Å². The number of fused-ring (bicyclic) bond motifs is 1. The minimum absolute atomic E-state index is 0.116. The van der Waals surface area contributed by atoms with Crippen LogP contribution in [0.25, 0.3) is 11.0 Å². The lowest BCUT2D eigenvalue weighted by molar-refractivity contribution is 0.212. The van der Waals surface area contributed by atoms with Crippen LogP contribution in [0, 0.1) is 0 Å². The third kappa shape index (κ3) is 7.00. The first-order chi connectivity index (χ1) is 14.1. The standard InChI is InChI=1S/C24H32O5/c1-5-7-9-11-15-26-19-13-14-20-21(17-19)29-24(25)23(28-18(3)4)22(20)27-16-12-10-8-6-2/h7-10,13-14,17-18H,5-6,11-12,15-16H2,1-4H3. The molecule has 0 saturated carbocycles. The molecular formula is C24H32O5.